The number of piperidine rings is 1. The Balaban J connectivity index is 1.57. The summed E-state index contributed by atoms with van der Waals surface area (Å²) in [6.45, 7) is 3.96. The molecule has 1 saturated heterocycles. The van der Waals surface area contributed by atoms with Crippen LogP contribution in [0.25, 0.3) is 0 Å². The van der Waals surface area contributed by atoms with E-state index >= 15 is 0 Å². The number of halogens is 2. The third-order valence-electron chi connectivity index (χ3n) is 4.34. The van der Waals surface area contributed by atoms with Gasteiger partial charge in [-0.25, -0.2) is 28.7 Å². The van der Waals surface area contributed by atoms with Gasteiger partial charge in [-0.2, -0.15) is 0 Å². The maximum atomic E-state index is 14.1. The summed E-state index contributed by atoms with van der Waals surface area (Å²) in [7, 11) is 1.85. The fourth-order valence-electron chi connectivity index (χ4n) is 2.97. The first-order valence-corrected chi connectivity index (χ1v) is 7.95. The van der Waals surface area contributed by atoms with Gasteiger partial charge in [-0.05, 0) is 25.7 Å². The highest BCUT2D eigenvalue weighted by Crippen LogP contribution is 2.24. The molecule has 3 rings (SSSR count). The minimum absolute atomic E-state index is 0.340. The molecule has 3 heterocycles. The molecule has 128 valence electrons. The molecule has 6 nitrogen and oxygen atoms in total. The number of anilines is 2. The van der Waals surface area contributed by atoms with Crippen LogP contribution in [0, 0.1) is 24.5 Å². The molecule has 0 aliphatic carbocycles. The van der Waals surface area contributed by atoms with Gasteiger partial charge in [0.15, 0.2) is 17.5 Å². The average Bonchev–Trinajstić information content (AvgIpc) is 2.59. The minimum atomic E-state index is -0.433. The van der Waals surface area contributed by atoms with Crippen molar-refractivity contribution in [1.29, 1.82) is 0 Å². The lowest BCUT2D eigenvalue weighted by atomic mass is 9.96. The number of hydrogen-bond acceptors (Lipinski definition) is 6. The van der Waals surface area contributed by atoms with Gasteiger partial charge in [-0.15, -0.1) is 0 Å². The molecule has 0 N–H and O–H groups in total. The van der Waals surface area contributed by atoms with Crippen molar-refractivity contribution < 1.29 is 8.78 Å². The van der Waals surface area contributed by atoms with E-state index in [-0.39, 0.29) is 5.82 Å². The van der Waals surface area contributed by atoms with Crippen LogP contribution in [0.3, 0.4) is 0 Å². The summed E-state index contributed by atoms with van der Waals surface area (Å²) in [5.74, 6) is 0.531. The SMILES string of the molecule is Cc1ncnc(N(C)CC2CCN(c3ncc(F)cn3)CC2)c1F. The van der Waals surface area contributed by atoms with Gasteiger partial charge in [0.1, 0.15) is 6.33 Å². The van der Waals surface area contributed by atoms with E-state index in [1.807, 2.05) is 16.8 Å². The average molecular weight is 334 g/mol. The van der Waals surface area contributed by atoms with Gasteiger partial charge in [-0.1, -0.05) is 0 Å². The summed E-state index contributed by atoms with van der Waals surface area (Å²) < 4.78 is 27.0. The lowest BCUT2D eigenvalue weighted by Gasteiger charge is -2.34. The smallest absolute Gasteiger partial charge is 0.225 e. The lowest BCUT2D eigenvalue weighted by molar-refractivity contribution is 0.403. The Morgan fingerprint density at radius 1 is 1.12 bits per heavy atom. The molecular formula is C16H20F2N6. The molecule has 8 heteroatoms. The summed E-state index contributed by atoms with van der Waals surface area (Å²) in [4.78, 5) is 19.8. The number of hydrogen-bond donors (Lipinski definition) is 0. The monoisotopic (exact) mass is 334 g/mol. The lowest BCUT2D eigenvalue weighted by Crippen LogP contribution is -2.39. The predicted octanol–water partition coefficient (Wildman–Crippen LogP) is 2.21. The molecular weight excluding hydrogens is 314 g/mol. The van der Waals surface area contributed by atoms with Crippen molar-refractivity contribution >= 4 is 11.8 Å². The van der Waals surface area contributed by atoms with Crippen molar-refractivity contribution in [1.82, 2.24) is 19.9 Å². The largest absolute Gasteiger partial charge is 0.357 e. The fourth-order valence-corrected chi connectivity index (χ4v) is 2.97. The van der Waals surface area contributed by atoms with Crippen LogP contribution in [0.1, 0.15) is 18.5 Å². The third-order valence-corrected chi connectivity index (χ3v) is 4.34. The molecule has 2 aromatic rings. The quantitative estimate of drug-likeness (QED) is 0.854. The molecule has 0 atom stereocenters. The normalized spacial score (nSPS) is 15.6. The van der Waals surface area contributed by atoms with Crippen molar-refractivity contribution in [3.05, 3.63) is 36.0 Å². The first-order chi connectivity index (χ1) is 11.5. The van der Waals surface area contributed by atoms with E-state index in [0.717, 1.165) is 32.5 Å². The summed E-state index contributed by atoms with van der Waals surface area (Å²) in [5, 5.41) is 0. The van der Waals surface area contributed by atoms with Crippen molar-refractivity contribution in [2.24, 2.45) is 5.92 Å². The van der Waals surface area contributed by atoms with Crippen LogP contribution in [-0.4, -0.2) is 46.6 Å². The zero-order chi connectivity index (χ0) is 17.1. The molecule has 24 heavy (non-hydrogen) atoms. The van der Waals surface area contributed by atoms with E-state index in [1.165, 1.54) is 18.7 Å². The molecule has 1 fully saturated rings. The van der Waals surface area contributed by atoms with E-state index in [0.29, 0.717) is 23.4 Å². The minimum Gasteiger partial charge on any atom is -0.357 e. The van der Waals surface area contributed by atoms with Crippen molar-refractivity contribution in [2.75, 3.05) is 36.5 Å². The second kappa shape index (κ2) is 7.02. The molecule has 0 amide bonds. The zero-order valence-corrected chi connectivity index (χ0v) is 13.8. The predicted molar refractivity (Wildman–Crippen MR) is 86.9 cm³/mol. The first-order valence-electron chi connectivity index (χ1n) is 7.95. The van der Waals surface area contributed by atoms with E-state index in [1.54, 1.807) is 6.92 Å². The van der Waals surface area contributed by atoms with Gasteiger partial charge in [0.25, 0.3) is 0 Å². The van der Waals surface area contributed by atoms with Gasteiger partial charge >= 0.3 is 0 Å². The molecule has 0 aromatic carbocycles. The van der Waals surface area contributed by atoms with Crippen molar-refractivity contribution in [2.45, 2.75) is 19.8 Å². The Labute approximate surface area is 139 Å². The maximum Gasteiger partial charge on any atom is 0.225 e. The van der Waals surface area contributed by atoms with E-state index < -0.39 is 5.82 Å². The van der Waals surface area contributed by atoms with Crippen LogP contribution in [0.15, 0.2) is 18.7 Å². The van der Waals surface area contributed by atoms with Gasteiger partial charge in [0.2, 0.25) is 5.95 Å². The van der Waals surface area contributed by atoms with Crippen molar-refractivity contribution in [3.63, 3.8) is 0 Å². The van der Waals surface area contributed by atoms with Crippen LogP contribution >= 0.6 is 0 Å². The Hall–Kier alpha value is -2.38. The first kappa shape index (κ1) is 16.5. The summed E-state index contributed by atoms with van der Waals surface area (Å²) in [6, 6.07) is 0. The Bertz CT molecular complexity index is 685. The van der Waals surface area contributed by atoms with Gasteiger partial charge in [0, 0.05) is 26.7 Å². The number of rotatable bonds is 4. The molecule has 1 aliphatic rings. The standard InChI is InChI=1S/C16H20F2N6/c1-11-14(18)15(22-10-21-11)23(2)9-12-3-5-24(6-4-12)16-19-7-13(17)8-20-16/h7-8,10,12H,3-6,9H2,1-2H3. The second-order valence-corrected chi connectivity index (χ2v) is 6.11. The Morgan fingerprint density at radius 3 is 2.46 bits per heavy atom. The van der Waals surface area contributed by atoms with Gasteiger partial charge in [-0.3, -0.25) is 0 Å². The molecule has 0 spiro atoms. The van der Waals surface area contributed by atoms with E-state index in [9.17, 15) is 8.78 Å². The maximum absolute atomic E-state index is 14.1. The molecule has 2 aromatic heterocycles. The fraction of sp³-hybridized carbons (Fsp3) is 0.500. The molecule has 0 saturated carbocycles. The molecule has 0 unspecified atom stereocenters. The highest BCUT2D eigenvalue weighted by Gasteiger charge is 2.23. The van der Waals surface area contributed by atoms with Crippen LogP contribution in [0.4, 0.5) is 20.5 Å². The topological polar surface area (TPSA) is 58.0 Å². The van der Waals surface area contributed by atoms with Crippen LogP contribution < -0.4 is 9.80 Å². The van der Waals surface area contributed by atoms with Crippen molar-refractivity contribution in [3.8, 4) is 0 Å². The Morgan fingerprint density at radius 2 is 1.79 bits per heavy atom. The van der Waals surface area contributed by atoms with Crippen LogP contribution in [0.5, 0.6) is 0 Å². The summed E-state index contributed by atoms with van der Waals surface area (Å²) in [5.41, 5.74) is 0.357. The molecule has 0 radical (unpaired) electrons. The van der Waals surface area contributed by atoms with Crippen LogP contribution in [0.2, 0.25) is 0 Å². The summed E-state index contributed by atoms with van der Waals surface area (Å²) >= 11 is 0. The zero-order valence-electron chi connectivity index (χ0n) is 13.8. The molecule has 1 aliphatic heterocycles. The third kappa shape index (κ3) is 3.58. The van der Waals surface area contributed by atoms with Gasteiger partial charge in [0.05, 0.1) is 18.1 Å². The van der Waals surface area contributed by atoms with E-state index in [2.05, 4.69) is 19.9 Å². The molecule has 0 bridgehead atoms. The number of aryl methyl sites for hydroxylation is 1. The van der Waals surface area contributed by atoms with E-state index in [4.69, 9.17) is 0 Å². The number of aromatic nitrogens is 4. The highest BCUT2D eigenvalue weighted by atomic mass is 19.1. The summed E-state index contributed by atoms with van der Waals surface area (Å²) in [6.07, 6.45) is 5.64. The highest BCUT2D eigenvalue weighted by molar-refractivity contribution is 5.39. The van der Waals surface area contributed by atoms with Gasteiger partial charge < -0.3 is 9.80 Å². The Kier molecular flexibility index (Phi) is 4.82. The second-order valence-electron chi connectivity index (χ2n) is 6.11. The van der Waals surface area contributed by atoms with Crippen LogP contribution in [-0.2, 0) is 0 Å². The number of nitrogens with zero attached hydrogens (tertiary/aromatic N) is 6.